The Hall–Kier alpha value is -2.60. The molecule has 0 spiro atoms. The SMILES string of the molecule is Cc1cccc(C)c1OCc1cc([N+](=O)[O-])ccc1NN. The summed E-state index contributed by atoms with van der Waals surface area (Å²) in [5.74, 6) is 6.21. The Morgan fingerprint density at radius 1 is 1.24 bits per heavy atom. The van der Waals surface area contributed by atoms with Gasteiger partial charge in [0.2, 0.25) is 0 Å². The molecule has 3 N–H and O–H groups in total. The lowest BCUT2D eigenvalue weighted by Crippen LogP contribution is -2.11. The summed E-state index contributed by atoms with van der Waals surface area (Å²) < 4.78 is 5.81. The number of nitrogen functional groups attached to an aromatic ring is 1. The van der Waals surface area contributed by atoms with Gasteiger partial charge in [0.05, 0.1) is 10.6 Å². The van der Waals surface area contributed by atoms with E-state index in [9.17, 15) is 10.1 Å². The third kappa shape index (κ3) is 3.29. The number of nitro benzene ring substituents is 1. The van der Waals surface area contributed by atoms with Gasteiger partial charge < -0.3 is 10.2 Å². The first kappa shape index (κ1) is 14.8. The summed E-state index contributed by atoms with van der Waals surface area (Å²) in [6.07, 6.45) is 0. The number of nitrogens with one attached hydrogen (secondary N) is 1. The minimum atomic E-state index is -0.442. The third-order valence-electron chi connectivity index (χ3n) is 3.24. The van der Waals surface area contributed by atoms with Crippen LogP contribution in [0, 0.1) is 24.0 Å². The molecule has 0 atom stereocenters. The zero-order chi connectivity index (χ0) is 15.4. The smallest absolute Gasteiger partial charge is 0.269 e. The molecular weight excluding hydrogens is 270 g/mol. The van der Waals surface area contributed by atoms with Gasteiger partial charge in [-0.25, -0.2) is 0 Å². The Morgan fingerprint density at radius 3 is 2.48 bits per heavy atom. The molecule has 0 aliphatic carbocycles. The van der Waals surface area contributed by atoms with Crippen molar-refractivity contribution in [3.63, 3.8) is 0 Å². The van der Waals surface area contributed by atoms with Crippen molar-refractivity contribution in [1.29, 1.82) is 0 Å². The monoisotopic (exact) mass is 287 g/mol. The van der Waals surface area contributed by atoms with Crippen molar-refractivity contribution in [2.75, 3.05) is 5.43 Å². The predicted molar refractivity (Wildman–Crippen MR) is 81.2 cm³/mol. The number of hydrogen-bond acceptors (Lipinski definition) is 5. The van der Waals surface area contributed by atoms with Crippen LogP contribution in [0.25, 0.3) is 0 Å². The predicted octanol–water partition coefficient (Wildman–Crippen LogP) is 3.08. The number of nitro groups is 1. The first-order chi connectivity index (χ1) is 10.0. The summed E-state index contributed by atoms with van der Waals surface area (Å²) in [6, 6.07) is 10.3. The average Bonchev–Trinajstić information content (AvgIpc) is 2.46. The molecule has 110 valence electrons. The van der Waals surface area contributed by atoms with Crippen LogP contribution in [0.3, 0.4) is 0 Å². The van der Waals surface area contributed by atoms with E-state index in [4.69, 9.17) is 10.6 Å². The molecule has 2 aromatic carbocycles. The summed E-state index contributed by atoms with van der Waals surface area (Å²) >= 11 is 0. The first-order valence-corrected chi connectivity index (χ1v) is 6.46. The van der Waals surface area contributed by atoms with Crippen LogP contribution < -0.4 is 16.0 Å². The lowest BCUT2D eigenvalue weighted by molar-refractivity contribution is -0.384. The number of ether oxygens (including phenoxy) is 1. The number of aryl methyl sites for hydroxylation is 2. The Morgan fingerprint density at radius 2 is 1.90 bits per heavy atom. The van der Waals surface area contributed by atoms with Gasteiger partial charge in [0.1, 0.15) is 12.4 Å². The molecule has 0 aliphatic rings. The topological polar surface area (TPSA) is 90.4 Å². The van der Waals surface area contributed by atoms with Crippen molar-refractivity contribution in [3.8, 4) is 5.75 Å². The van der Waals surface area contributed by atoms with Crippen LogP contribution in [-0.4, -0.2) is 4.92 Å². The van der Waals surface area contributed by atoms with E-state index in [0.29, 0.717) is 11.3 Å². The highest BCUT2D eigenvalue weighted by atomic mass is 16.6. The summed E-state index contributed by atoms with van der Waals surface area (Å²) in [7, 11) is 0. The van der Waals surface area contributed by atoms with E-state index in [1.54, 1.807) is 6.07 Å². The number of anilines is 1. The molecule has 0 aliphatic heterocycles. The Bertz CT molecular complexity index is 651. The standard InChI is InChI=1S/C15H17N3O3/c1-10-4-3-5-11(2)15(10)21-9-12-8-13(18(19)20)6-7-14(12)17-16/h3-8,17H,9,16H2,1-2H3. The van der Waals surface area contributed by atoms with Gasteiger partial charge >= 0.3 is 0 Å². The fourth-order valence-corrected chi connectivity index (χ4v) is 2.13. The van der Waals surface area contributed by atoms with Crippen molar-refractivity contribution < 1.29 is 9.66 Å². The average molecular weight is 287 g/mol. The van der Waals surface area contributed by atoms with Gasteiger partial charge in [-0.15, -0.1) is 0 Å². The van der Waals surface area contributed by atoms with E-state index in [-0.39, 0.29) is 12.3 Å². The van der Waals surface area contributed by atoms with Crippen LogP contribution in [0.4, 0.5) is 11.4 Å². The molecular formula is C15H17N3O3. The van der Waals surface area contributed by atoms with Gasteiger partial charge in [-0.05, 0) is 31.0 Å². The minimum absolute atomic E-state index is 0.00843. The highest BCUT2D eigenvalue weighted by Gasteiger charge is 2.12. The fourth-order valence-electron chi connectivity index (χ4n) is 2.13. The van der Waals surface area contributed by atoms with Crippen LogP contribution in [0.15, 0.2) is 36.4 Å². The molecule has 2 rings (SSSR count). The molecule has 0 radical (unpaired) electrons. The highest BCUT2D eigenvalue weighted by molar-refractivity contribution is 5.55. The van der Waals surface area contributed by atoms with E-state index in [0.717, 1.165) is 16.9 Å². The zero-order valence-electron chi connectivity index (χ0n) is 11.9. The number of nitrogens with zero attached hydrogens (tertiary/aromatic N) is 1. The summed E-state index contributed by atoms with van der Waals surface area (Å²) in [6.45, 7) is 4.11. The highest BCUT2D eigenvalue weighted by Crippen LogP contribution is 2.26. The molecule has 21 heavy (non-hydrogen) atoms. The molecule has 2 aromatic rings. The molecule has 0 unspecified atom stereocenters. The second kappa shape index (κ2) is 6.23. The number of rotatable bonds is 5. The van der Waals surface area contributed by atoms with E-state index < -0.39 is 4.92 Å². The second-order valence-corrected chi connectivity index (χ2v) is 4.75. The molecule has 0 fully saturated rings. The van der Waals surface area contributed by atoms with Crippen molar-refractivity contribution in [3.05, 3.63) is 63.2 Å². The van der Waals surface area contributed by atoms with Crippen molar-refractivity contribution in [1.82, 2.24) is 0 Å². The first-order valence-electron chi connectivity index (χ1n) is 6.46. The zero-order valence-corrected chi connectivity index (χ0v) is 11.9. The summed E-state index contributed by atoms with van der Waals surface area (Å²) in [5.41, 5.74) is 5.80. The molecule has 0 saturated heterocycles. The molecule has 0 saturated carbocycles. The van der Waals surface area contributed by atoms with Gasteiger partial charge in [-0.2, -0.15) is 0 Å². The van der Waals surface area contributed by atoms with Crippen molar-refractivity contribution in [2.24, 2.45) is 5.84 Å². The molecule has 0 amide bonds. The maximum atomic E-state index is 10.8. The van der Waals surface area contributed by atoms with Crippen LogP contribution in [-0.2, 0) is 6.61 Å². The maximum absolute atomic E-state index is 10.8. The maximum Gasteiger partial charge on any atom is 0.269 e. The quantitative estimate of drug-likeness (QED) is 0.501. The minimum Gasteiger partial charge on any atom is -0.488 e. The molecule has 6 nitrogen and oxygen atoms in total. The Balaban J connectivity index is 2.26. The number of benzene rings is 2. The lowest BCUT2D eigenvalue weighted by Gasteiger charge is -2.14. The molecule has 0 aromatic heterocycles. The normalized spacial score (nSPS) is 10.2. The molecule has 0 heterocycles. The van der Waals surface area contributed by atoms with Crippen LogP contribution in [0.2, 0.25) is 0 Å². The van der Waals surface area contributed by atoms with Gasteiger partial charge in [0.25, 0.3) is 5.69 Å². The molecule has 0 bridgehead atoms. The lowest BCUT2D eigenvalue weighted by atomic mass is 10.1. The number of non-ortho nitro benzene ring substituents is 1. The second-order valence-electron chi connectivity index (χ2n) is 4.75. The summed E-state index contributed by atoms with van der Waals surface area (Å²) in [4.78, 5) is 10.4. The number of hydrogen-bond donors (Lipinski definition) is 2. The van der Waals surface area contributed by atoms with Crippen LogP contribution in [0.5, 0.6) is 5.75 Å². The van der Waals surface area contributed by atoms with E-state index in [2.05, 4.69) is 5.43 Å². The van der Waals surface area contributed by atoms with Gasteiger partial charge in [0.15, 0.2) is 0 Å². The largest absolute Gasteiger partial charge is 0.488 e. The third-order valence-corrected chi connectivity index (χ3v) is 3.24. The van der Waals surface area contributed by atoms with Crippen molar-refractivity contribution >= 4 is 11.4 Å². The van der Waals surface area contributed by atoms with E-state index in [1.807, 2.05) is 32.0 Å². The Labute approximate surface area is 122 Å². The van der Waals surface area contributed by atoms with Gasteiger partial charge in [-0.3, -0.25) is 16.0 Å². The van der Waals surface area contributed by atoms with Crippen molar-refractivity contribution in [2.45, 2.75) is 20.5 Å². The van der Waals surface area contributed by atoms with Gasteiger partial charge in [0, 0.05) is 17.7 Å². The van der Waals surface area contributed by atoms with E-state index >= 15 is 0 Å². The number of nitrogens with two attached hydrogens (primary N) is 1. The van der Waals surface area contributed by atoms with Crippen LogP contribution in [0.1, 0.15) is 16.7 Å². The Kier molecular flexibility index (Phi) is 4.39. The van der Waals surface area contributed by atoms with E-state index in [1.165, 1.54) is 12.1 Å². The van der Waals surface area contributed by atoms with Gasteiger partial charge in [-0.1, -0.05) is 18.2 Å². The molecule has 6 heteroatoms. The number of para-hydroxylation sites is 1. The summed E-state index contributed by atoms with van der Waals surface area (Å²) in [5, 5.41) is 10.8. The van der Waals surface area contributed by atoms with Crippen LogP contribution >= 0.6 is 0 Å². The fraction of sp³-hybridized carbons (Fsp3) is 0.200. The number of hydrazine groups is 1.